The maximum absolute atomic E-state index is 4.03. The van der Waals surface area contributed by atoms with Crippen LogP contribution in [0.25, 0.3) is 0 Å². The van der Waals surface area contributed by atoms with Crippen molar-refractivity contribution in [2.45, 2.75) is 0 Å². The molecule has 0 aromatic carbocycles. The average Bonchev–Trinajstić information content (AvgIpc) is 2.33. The summed E-state index contributed by atoms with van der Waals surface area (Å²) in [5.41, 5.74) is 1.11. The number of allylic oxidation sites excluding steroid dienone is 2. The molecule has 2 rings (SSSR count). The SMILES string of the molecule is C1=C[N]C2=NC=CC2=C1. The van der Waals surface area contributed by atoms with Gasteiger partial charge in [0.05, 0.1) is 0 Å². The van der Waals surface area contributed by atoms with Crippen LogP contribution in [0.15, 0.2) is 41.2 Å². The lowest BCUT2D eigenvalue weighted by molar-refractivity contribution is 1.23. The number of hydrogen-bond donors (Lipinski definition) is 0. The normalized spacial score (nSPS) is 20.4. The summed E-state index contributed by atoms with van der Waals surface area (Å²) in [5, 5.41) is 4.03. The Labute approximate surface area is 53.3 Å². The predicted octanol–water partition coefficient (Wildman–Crippen LogP) is 0.970. The zero-order valence-corrected chi connectivity index (χ0v) is 4.78. The van der Waals surface area contributed by atoms with Crippen LogP contribution in [-0.2, 0) is 0 Å². The first-order valence-electron chi connectivity index (χ1n) is 2.79. The summed E-state index contributed by atoms with van der Waals surface area (Å²) < 4.78 is 0. The van der Waals surface area contributed by atoms with Crippen LogP contribution >= 0.6 is 0 Å². The van der Waals surface area contributed by atoms with Gasteiger partial charge in [0.25, 0.3) is 0 Å². The topological polar surface area (TPSA) is 26.5 Å². The van der Waals surface area contributed by atoms with Crippen LogP contribution in [0.5, 0.6) is 0 Å². The fourth-order valence-electron chi connectivity index (χ4n) is 0.836. The number of hydrogen-bond acceptors (Lipinski definition) is 1. The minimum absolute atomic E-state index is 0.831. The van der Waals surface area contributed by atoms with E-state index in [9.17, 15) is 0 Å². The Morgan fingerprint density at radius 3 is 3.11 bits per heavy atom. The van der Waals surface area contributed by atoms with E-state index in [1.165, 1.54) is 0 Å². The Kier molecular flexibility index (Phi) is 0.803. The van der Waals surface area contributed by atoms with Gasteiger partial charge in [0, 0.05) is 18.0 Å². The Balaban J connectivity index is 2.46. The third kappa shape index (κ3) is 0.598. The first-order valence-corrected chi connectivity index (χ1v) is 2.79. The molecule has 1 radical (unpaired) electrons. The van der Waals surface area contributed by atoms with Gasteiger partial charge in [-0.05, 0) is 18.2 Å². The molecule has 0 atom stereocenters. The van der Waals surface area contributed by atoms with Gasteiger partial charge in [0.1, 0.15) is 0 Å². The molecule has 43 valence electrons. The first kappa shape index (κ1) is 4.56. The minimum atomic E-state index is 0.831. The van der Waals surface area contributed by atoms with E-state index in [2.05, 4.69) is 10.3 Å². The van der Waals surface area contributed by atoms with E-state index in [4.69, 9.17) is 0 Å². The molecule has 0 N–H and O–H groups in total. The molecule has 2 heteroatoms. The summed E-state index contributed by atoms with van der Waals surface area (Å²) in [7, 11) is 0. The highest BCUT2D eigenvalue weighted by Gasteiger charge is 2.08. The standard InChI is InChI=1S/C7H5N2/c1-2-6-3-5-9-7(6)8-4-1/h1-5H. The Morgan fingerprint density at radius 2 is 2.22 bits per heavy atom. The van der Waals surface area contributed by atoms with Crippen LogP contribution < -0.4 is 5.32 Å². The summed E-state index contributed by atoms with van der Waals surface area (Å²) in [4.78, 5) is 4.01. The second-order valence-corrected chi connectivity index (χ2v) is 1.86. The van der Waals surface area contributed by atoms with Crippen molar-refractivity contribution in [1.29, 1.82) is 0 Å². The van der Waals surface area contributed by atoms with Crippen molar-refractivity contribution >= 4 is 5.84 Å². The van der Waals surface area contributed by atoms with E-state index in [0.29, 0.717) is 0 Å². The van der Waals surface area contributed by atoms with Gasteiger partial charge in [-0.25, -0.2) is 10.3 Å². The molecule has 0 aliphatic carbocycles. The van der Waals surface area contributed by atoms with Crippen molar-refractivity contribution in [2.24, 2.45) is 4.99 Å². The van der Waals surface area contributed by atoms with Gasteiger partial charge in [-0.3, -0.25) is 0 Å². The lowest BCUT2D eigenvalue weighted by atomic mass is 10.2. The molecule has 0 saturated carbocycles. The fraction of sp³-hybridized carbons (Fsp3) is 0. The van der Waals surface area contributed by atoms with Crippen molar-refractivity contribution in [3.05, 3.63) is 36.2 Å². The van der Waals surface area contributed by atoms with E-state index in [1.54, 1.807) is 12.4 Å². The monoisotopic (exact) mass is 117 g/mol. The maximum Gasteiger partial charge on any atom is 0.159 e. The Bertz CT molecular complexity index is 244. The molecule has 0 unspecified atom stereocenters. The van der Waals surface area contributed by atoms with Gasteiger partial charge in [-0.1, -0.05) is 0 Å². The number of amidine groups is 1. The van der Waals surface area contributed by atoms with Crippen LogP contribution in [0.1, 0.15) is 0 Å². The highest BCUT2D eigenvalue weighted by molar-refractivity contribution is 6.04. The summed E-state index contributed by atoms with van der Waals surface area (Å²) >= 11 is 0. The number of nitrogens with zero attached hydrogens (tertiary/aromatic N) is 2. The second kappa shape index (κ2) is 1.58. The second-order valence-electron chi connectivity index (χ2n) is 1.86. The maximum atomic E-state index is 4.03. The highest BCUT2D eigenvalue weighted by Crippen LogP contribution is 2.10. The molecule has 2 heterocycles. The zero-order valence-electron chi connectivity index (χ0n) is 4.78. The minimum Gasteiger partial charge on any atom is -0.237 e. The molecule has 2 nitrogen and oxygen atoms in total. The molecule has 0 aromatic heterocycles. The quantitative estimate of drug-likeness (QED) is 0.452. The molecule has 0 aromatic rings. The molecule has 2 aliphatic rings. The van der Waals surface area contributed by atoms with Crippen LogP contribution in [0.3, 0.4) is 0 Å². The number of aliphatic imine (C=N–C) groups is 1. The van der Waals surface area contributed by atoms with Crippen LogP contribution in [0.2, 0.25) is 0 Å². The first-order chi connectivity index (χ1) is 4.47. The molecule has 0 amide bonds. The molecule has 0 bridgehead atoms. The largest absolute Gasteiger partial charge is 0.237 e. The summed E-state index contributed by atoms with van der Waals surface area (Å²) in [5.74, 6) is 0.831. The van der Waals surface area contributed by atoms with E-state index in [0.717, 1.165) is 11.4 Å². The number of fused-ring (bicyclic) bond motifs is 1. The van der Waals surface area contributed by atoms with E-state index < -0.39 is 0 Å². The predicted molar refractivity (Wildman–Crippen MR) is 35.9 cm³/mol. The average molecular weight is 117 g/mol. The van der Waals surface area contributed by atoms with Crippen molar-refractivity contribution in [3.8, 4) is 0 Å². The fourth-order valence-corrected chi connectivity index (χ4v) is 0.836. The molecule has 0 spiro atoms. The van der Waals surface area contributed by atoms with Gasteiger partial charge < -0.3 is 0 Å². The lowest BCUT2D eigenvalue weighted by Crippen LogP contribution is -2.11. The van der Waals surface area contributed by atoms with Crippen molar-refractivity contribution in [2.75, 3.05) is 0 Å². The molecular weight excluding hydrogens is 112 g/mol. The van der Waals surface area contributed by atoms with Crippen LogP contribution in [0, 0.1) is 0 Å². The number of rotatable bonds is 0. The van der Waals surface area contributed by atoms with Crippen molar-refractivity contribution < 1.29 is 0 Å². The Hall–Kier alpha value is -1.31. The molecule has 9 heavy (non-hydrogen) atoms. The van der Waals surface area contributed by atoms with E-state index in [1.807, 2.05) is 18.2 Å². The third-order valence-corrected chi connectivity index (χ3v) is 1.27. The molecule has 0 saturated heterocycles. The van der Waals surface area contributed by atoms with Crippen molar-refractivity contribution in [1.82, 2.24) is 5.32 Å². The van der Waals surface area contributed by atoms with E-state index in [-0.39, 0.29) is 0 Å². The summed E-state index contributed by atoms with van der Waals surface area (Å²) in [6, 6.07) is 0. The van der Waals surface area contributed by atoms with Gasteiger partial charge in [0.2, 0.25) is 0 Å². The van der Waals surface area contributed by atoms with Crippen LogP contribution in [-0.4, -0.2) is 5.84 Å². The van der Waals surface area contributed by atoms with Gasteiger partial charge in [-0.2, -0.15) is 0 Å². The van der Waals surface area contributed by atoms with Gasteiger partial charge in [-0.15, -0.1) is 0 Å². The van der Waals surface area contributed by atoms with Gasteiger partial charge in [0.15, 0.2) is 5.84 Å². The highest BCUT2D eigenvalue weighted by atomic mass is 15.0. The summed E-state index contributed by atoms with van der Waals surface area (Å²) in [6.07, 6.45) is 9.36. The summed E-state index contributed by atoms with van der Waals surface area (Å²) in [6.45, 7) is 0. The lowest BCUT2D eigenvalue weighted by Gasteiger charge is -2.01. The molecule has 0 fully saturated rings. The van der Waals surface area contributed by atoms with Gasteiger partial charge >= 0.3 is 0 Å². The third-order valence-electron chi connectivity index (χ3n) is 1.27. The molecule has 2 aliphatic heterocycles. The van der Waals surface area contributed by atoms with E-state index >= 15 is 0 Å². The smallest absolute Gasteiger partial charge is 0.159 e. The zero-order chi connectivity index (χ0) is 6.10. The Morgan fingerprint density at radius 1 is 1.22 bits per heavy atom. The van der Waals surface area contributed by atoms with Crippen LogP contribution in [0.4, 0.5) is 0 Å². The van der Waals surface area contributed by atoms with Crippen molar-refractivity contribution in [3.63, 3.8) is 0 Å². The molecular formula is C7H5N2.